The standard InChI is InChI=1S/C14H19NO2/c1-5-17-14(16)11(2)10-12-6-8-13(9-7-12)15(3)4/h6-10H,5H2,1-4H3/b11-10+. The third-order valence-corrected chi connectivity index (χ3v) is 2.39. The van der Waals surface area contributed by atoms with Gasteiger partial charge in [0, 0.05) is 25.4 Å². The van der Waals surface area contributed by atoms with E-state index in [4.69, 9.17) is 4.74 Å². The van der Waals surface area contributed by atoms with E-state index < -0.39 is 0 Å². The summed E-state index contributed by atoms with van der Waals surface area (Å²) in [7, 11) is 3.99. The van der Waals surface area contributed by atoms with Crippen LogP contribution in [-0.2, 0) is 9.53 Å². The van der Waals surface area contributed by atoms with Crippen LogP contribution in [0.25, 0.3) is 6.08 Å². The predicted octanol–water partition coefficient (Wildman–Crippen LogP) is 2.72. The molecule has 92 valence electrons. The van der Waals surface area contributed by atoms with Crippen LogP contribution >= 0.6 is 0 Å². The molecule has 0 aliphatic heterocycles. The number of rotatable bonds is 4. The summed E-state index contributed by atoms with van der Waals surface area (Å²) < 4.78 is 4.92. The second kappa shape index (κ2) is 6.09. The van der Waals surface area contributed by atoms with E-state index in [1.54, 1.807) is 13.8 Å². The maximum atomic E-state index is 11.4. The molecule has 0 spiro atoms. The summed E-state index contributed by atoms with van der Waals surface area (Å²) in [5, 5.41) is 0. The van der Waals surface area contributed by atoms with E-state index in [1.165, 1.54) is 0 Å². The van der Waals surface area contributed by atoms with Crippen molar-refractivity contribution in [3.63, 3.8) is 0 Å². The van der Waals surface area contributed by atoms with Crippen LogP contribution in [0.5, 0.6) is 0 Å². The van der Waals surface area contributed by atoms with Gasteiger partial charge < -0.3 is 9.64 Å². The number of nitrogens with zero attached hydrogens (tertiary/aromatic N) is 1. The summed E-state index contributed by atoms with van der Waals surface area (Å²) in [6.45, 7) is 3.97. The molecule has 0 saturated heterocycles. The average molecular weight is 233 g/mol. The quantitative estimate of drug-likeness (QED) is 0.591. The molecule has 0 N–H and O–H groups in total. The second-order valence-electron chi connectivity index (χ2n) is 4.03. The SMILES string of the molecule is CCOC(=O)/C(C)=C/c1ccc(N(C)C)cc1. The Hall–Kier alpha value is -1.77. The molecular weight excluding hydrogens is 214 g/mol. The zero-order valence-electron chi connectivity index (χ0n) is 10.9. The van der Waals surface area contributed by atoms with E-state index in [0.717, 1.165) is 11.3 Å². The molecule has 0 unspecified atom stereocenters. The van der Waals surface area contributed by atoms with Crippen molar-refractivity contribution < 1.29 is 9.53 Å². The van der Waals surface area contributed by atoms with Crippen molar-refractivity contribution in [3.05, 3.63) is 35.4 Å². The minimum atomic E-state index is -0.260. The molecule has 1 rings (SSSR count). The zero-order chi connectivity index (χ0) is 12.8. The van der Waals surface area contributed by atoms with Crippen LogP contribution in [0.3, 0.4) is 0 Å². The maximum Gasteiger partial charge on any atom is 0.333 e. The number of ether oxygens (including phenoxy) is 1. The topological polar surface area (TPSA) is 29.5 Å². The number of esters is 1. The van der Waals surface area contributed by atoms with Gasteiger partial charge in [-0.1, -0.05) is 12.1 Å². The van der Waals surface area contributed by atoms with Gasteiger partial charge in [0.05, 0.1) is 6.61 Å². The Morgan fingerprint density at radius 3 is 2.35 bits per heavy atom. The number of carbonyl (C=O) groups excluding carboxylic acids is 1. The largest absolute Gasteiger partial charge is 0.463 e. The Kier molecular flexibility index (Phi) is 4.76. The van der Waals surface area contributed by atoms with E-state index in [2.05, 4.69) is 0 Å². The van der Waals surface area contributed by atoms with Gasteiger partial charge in [0.25, 0.3) is 0 Å². The molecule has 3 nitrogen and oxygen atoms in total. The van der Waals surface area contributed by atoms with Crippen molar-refractivity contribution >= 4 is 17.7 Å². The first kappa shape index (κ1) is 13.3. The molecule has 1 aromatic rings. The summed E-state index contributed by atoms with van der Waals surface area (Å²) in [5.74, 6) is -0.260. The molecule has 0 heterocycles. The van der Waals surface area contributed by atoms with Crippen LogP contribution in [0.15, 0.2) is 29.8 Å². The highest BCUT2D eigenvalue weighted by Gasteiger charge is 2.04. The van der Waals surface area contributed by atoms with Crippen LogP contribution < -0.4 is 4.90 Å². The van der Waals surface area contributed by atoms with Gasteiger partial charge in [0.2, 0.25) is 0 Å². The van der Waals surface area contributed by atoms with Gasteiger partial charge in [-0.2, -0.15) is 0 Å². The van der Waals surface area contributed by atoms with E-state index in [-0.39, 0.29) is 5.97 Å². The molecule has 0 aliphatic rings. The van der Waals surface area contributed by atoms with Crippen molar-refractivity contribution in [1.29, 1.82) is 0 Å². The molecule has 0 atom stereocenters. The summed E-state index contributed by atoms with van der Waals surface area (Å²) in [5.41, 5.74) is 2.75. The highest BCUT2D eigenvalue weighted by molar-refractivity contribution is 5.93. The summed E-state index contributed by atoms with van der Waals surface area (Å²) >= 11 is 0. The first-order chi connectivity index (χ1) is 8.04. The Morgan fingerprint density at radius 2 is 1.88 bits per heavy atom. The lowest BCUT2D eigenvalue weighted by molar-refractivity contribution is -0.138. The fraction of sp³-hybridized carbons (Fsp3) is 0.357. The number of carbonyl (C=O) groups is 1. The fourth-order valence-electron chi connectivity index (χ4n) is 1.42. The van der Waals surface area contributed by atoms with E-state index in [1.807, 2.05) is 49.3 Å². The smallest absolute Gasteiger partial charge is 0.333 e. The molecule has 0 aliphatic carbocycles. The van der Waals surface area contributed by atoms with Gasteiger partial charge in [-0.15, -0.1) is 0 Å². The molecule has 0 aromatic heterocycles. The molecular formula is C14H19NO2. The highest BCUT2D eigenvalue weighted by atomic mass is 16.5. The van der Waals surface area contributed by atoms with Crippen molar-refractivity contribution in [2.75, 3.05) is 25.6 Å². The van der Waals surface area contributed by atoms with Crippen molar-refractivity contribution in [3.8, 4) is 0 Å². The first-order valence-electron chi connectivity index (χ1n) is 5.67. The van der Waals surface area contributed by atoms with Crippen LogP contribution in [0.2, 0.25) is 0 Å². The van der Waals surface area contributed by atoms with Crippen molar-refractivity contribution in [2.45, 2.75) is 13.8 Å². The number of benzene rings is 1. The highest BCUT2D eigenvalue weighted by Crippen LogP contribution is 2.14. The zero-order valence-corrected chi connectivity index (χ0v) is 10.9. The molecule has 0 saturated carbocycles. The normalized spacial score (nSPS) is 11.2. The lowest BCUT2D eigenvalue weighted by Crippen LogP contribution is -2.08. The van der Waals surface area contributed by atoms with Gasteiger partial charge >= 0.3 is 5.97 Å². The van der Waals surface area contributed by atoms with Gasteiger partial charge in [-0.05, 0) is 37.6 Å². The maximum absolute atomic E-state index is 11.4. The third-order valence-electron chi connectivity index (χ3n) is 2.39. The van der Waals surface area contributed by atoms with Crippen LogP contribution in [-0.4, -0.2) is 26.7 Å². The van der Waals surface area contributed by atoms with E-state index in [9.17, 15) is 4.79 Å². The Morgan fingerprint density at radius 1 is 1.29 bits per heavy atom. The van der Waals surface area contributed by atoms with Gasteiger partial charge in [0.1, 0.15) is 0 Å². The van der Waals surface area contributed by atoms with Gasteiger partial charge in [-0.25, -0.2) is 4.79 Å². The summed E-state index contributed by atoms with van der Waals surface area (Å²) in [6.07, 6.45) is 1.83. The molecule has 17 heavy (non-hydrogen) atoms. The number of hydrogen-bond acceptors (Lipinski definition) is 3. The molecule has 1 aromatic carbocycles. The predicted molar refractivity (Wildman–Crippen MR) is 71.1 cm³/mol. The molecule has 0 amide bonds. The lowest BCUT2D eigenvalue weighted by Gasteiger charge is -2.12. The summed E-state index contributed by atoms with van der Waals surface area (Å²) in [6, 6.07) is 8.00. The van der Waals surface area contributed by atoms with Gasteiger partial charge in [-0.3, -0.25) is 0 Å². The van der Waals surface area contributed by atoms with Crippen LogP contribution in [0, 0.1) is 0 Å². The average Bonchev–Trinajstić information content (AvgIpc) is 2.30. The fourth-order valence-corrected chi connectivity index (χ4v) is 1.42. The lowest BCUT2D eigenvalue weighted by atomic mass is 10.1. The third kappa shape index (κ3) is 3.94. The second-order valence-corrected chi connectivity index (χ2v) is 4.03. The van der Waals surface area contributed by atoms with Crippen molar-refractivity contribution in [1.82, 2.24) is 0 Å². The van der Waals surface area contributed by atoms with Gasteiger partial charge in [0.15, 0.2) is 0 Å². The number of hydrogen-bond donors (Lipinski definition) is 0. The Labute approximate surface area is 103 Å². The van der Waals surface area contributed by atoms with E-state index >= 15 is 0 Å². The molecule has 0 fully saturated rings. The summed E-state index contributed by atoms with van der Waals surface area (Å²) in [4.78, 5) is 13.5. The Bertz CT molecular complexity index is 405. The molecule has 3 heteroatoms. The van der Waals surface area contributed by atoms with E-state index in [0.29, 0.717) is 12.2 Å². The van der Waals surface area contributed by atoms with Crippen LogP contribution in [0.1, 0.15) is 19.4 Å². The number of anilines is 1. The van der Waals surface area contributed by atoms with Crippen LogP contribution in [0.4, 0.5) is 5.69 Å². The van der Waals surface area contributed by atoms with Crippen molar-refractivity contribution in [2.24, 2.45) is 0 Å². The molecule has 0 bridgehead atoms. The minimum Gasteiger partial charge on any atom is -0.463 e. The molecule has 0 radical (unpaired) electrons. The monoisotopic (exact) mass is 233 g/mol. The first-order valence-corrected chi connectivity index (χ1v) is 5.67. The Balaban J connectivity index is 2.80. The minimum absolute atomic E-state index is 0.260.